The van der Waals surface area contributed by atoms with E-state index in [1.54, 1.807) is 62.8 Å². The summed E-state index contributed by atoms with van der Waals surface area (Å²) in [5.41, 5.74) is 1.32. The third kappa shape index (κ3) is 5.73. The van der Waals surface area contributed by atoms with Crippen LogP contribution in [0.15, 0.2) is 48.5 Å². The fourth-order valence-electron chi connectivity index (χ4n) is 3.09. The van der Waals surface area contributed by atoms with E-state index in [0.29, 0.717) is 30.2 Å². The Balaban J connectivity index is 1.48. The Labute approximate surface area is 180 Å². The molecule has 0 bridgehead atoms. The summed E-state index contributed by atoms with van der Waals surface area (Å²) in [7, 11) is 3.12. The van der Waals surface area contributed by atoms with Gasteiger partial charge in [0.2, 0.25) is 0 Å². The van der Waals surface area contributed by atoms with Crippen LogP contribution in [-0.4, -0.2) is 62.8 Å². The van der Waals surface area contributed by atoms with E-state index >= 15 is 0 Å². The summed E-state index contributed by atoms with van der Waals surface area (Å²) >= 11 is 0. The van der Waals surface area contributed by atoms with Gasteiger partial charge in [0.1, 0.15) is 17.7 Å². The molecule has 9 nitrogen and oxygen atoms in total. The van der Waals surface area contributed by atoms with Gasteiger partial charge in [0.15, 0.2) is 0 Å². The Morgan fingerprint density at radius 2 is 1.52 bits per heavy atom. The second-order valence-corrected chi connectivity index (χ2v) is 6.79. The van der Waals surface area contributed by atoms with Gasteiger partial charge in [-0.15, -0.1) is 0 Å². The van der Waals surface area contributed by atoms with Crippen molar-refractivity contribution in [2.45, 2.75) is 12.8 Å². The number of carbonyl (C=O) groups excluding carboxylic acids is 3. The van der Waals surface area contributed by atoms with Crippen molar-refractivity contribution < 1.29 is 28.6 Å². The van der Waals surface area contributed by atoms with Crippen molar-refractivity contribution in [3.63, 3.8) is 0 Å². The van der Waals surface area contributed by atoms with Crippen LogP contribution in [0.3, 0.4) is 0 Å². The molecule has 0 unspecified atom stereocenters. The predicted octanol–water partition coefficient (Wildman–Crippen LogP) is 0.935. The number of benzene rings is 2. The molecule has 2 N–H and O–H groups in total. The highest BCUT2D eigenvalue weighted by Gasteiger charge is 2.31. The molecule has 1 heterocycles. The van der Waals surface area contributed by atoms with Crippen molar-refractivity contribution in [2.75, 3.05) is 33.9 Å². The molecule has 1 atom stereocenters. The van der Waals surface area contributed by atoms with Crippen molar-refractivity contribution in [2.24, 2.45) is 0 Å². The van der Waals surface area contributed by atoms with Crippen molar-refractivity contribution in [1.82, 2.24) is 15.5 Å². The van der Waals surface area contributed by atoms with Crippen LogP contribution in [0.25, 0.3) is 0 Å². The lowest BCUT2D eigenvalue weighted by atomic mass is 10.2. The number of hydrogen-bond acceptors (Lipinski definition) is 6. The minimum atomic E-state index is -0.791. The summed E-state index contributed by atoms with van der Waals surface area (Å²) in [5, 5.41) is 5.08. The molecule has 1 saturated heterocycles. The van der Waals surface area contributed by atoms with Crippen LogP contribution >= 0.6 is 0 Å². The Morgan fingerprint density at radius 3 is 2.13 bits per heavy atom. The van der Waals surface area contributed by atoms with E-state index in [1.807, 2.05) is 0 Å². The fraction of sp³-hybridized carbons (Fsp3) is 0.318. The topological polar surface area (TPSA) is 106 Å². The molecule has 164 valence electrons. The summed E-state index contributed by atoms with van der Waals surface area (Å²) in [4.78, 5) is 38.5. The van der Waals surface area contributed by atoms with E-state index in [2.05, 4.69) is 10.6 Å². The number of amides is 3. The molecular weight excluding hydrogens is 402 g/mol. The molecule has 1 aliphatic rings. The van der Waals surface area contributed by atoms with Gasteiger partial charge in [0, 0.05) is 18.7 Å². The van der Waals surface area contributed by atoms with Crippen molar-refractivity contribution in [1.29, 1.82) is 0 Å². The van der Waals surface area contributed by atoms with Crippen LogP contribution in [0.2, 0.25) is 0 Å². The minimum Gasteiger partial charge on any atom is -0.497 e. The van der Waals surface area contributed by atoms with E-state index in [9.17, 15) is 14.4 Å². The van der Waals surface area contributed by atoms with Gasteiger partial charge in [-0.1, -0.05) is 12.1 Å². The summed E-state index contributed by atoms with van der Waals surface area (Å²) < 4.78 is 15.7. The predicted molar refractivity (Wildman–Crippen MR) is 112 cm³/mol. The molecule has 3 amide bonds. The summed E-state index contributed by atoms with van der Waals surface area (Å²) in [6.07, 6.45) is -0.645. The van der Waals surface area contributed by atoms with Crippen LogP contribution in [0.5, 0.6) is 11.5 Å². The SMILES string of the molecule is COc1ccc(CNC(=O)C(=O)NC[C@@H]2OCCN2C(=O)c2ccc(OC)cc2)cc1. The van der Waals surface area contributed by atoms with E-state index in [1.165, 1.54) is 4.90 Å². The van der Waals surface area contributed by atoms with E-state index in [-0.39, 0.29) is 19.0 Å². The molecule has 0 saturated carbocycles. The van der Waals surface area contributed by atoms with E-state index in [4.69, 9.17) is 14.2 Å². The molecule has 3 rings (SSSR count). The van der Waals surface area contributed by atoms with Crippen molar-refractivity contribution >= 4 is 17.7 Å². The van der Waals surface area contributed by atoms with Gasteiger partial charge < -0.3 is 29.7 Å². The van der Waals surface area contributed by atoms with Crippen LogP contribution < -0.4 is 20.1 Å². The highest BCUT2D eigenvalue weighted by atomic mass is 16.5. The number of hydrogen-bond donors (Lipinski definition) is 2. The summed E-state index contributed by atoms with van der Waals surface area (Å²) in [6.45, 7) is 0.968. The van der Waals surface area contributed by atoms with E-state index < -0.39 is 18.0 Å². The van der Waals surface area contributed by atoms with Gasteiger partial charge in [-0.05, 0) is 42.0 Å². The first-order chi connectivity index (χ1) is 15.0. The lowest BCUT2D eigenvalue weighted by Gasteiger charge is -2.23. The zero-order valence-corrected chi connectivity index (χ0v) is 17.4. The van der Waals surface area contributed by atoms with Gasteiger partial charge in [0.25, 0.3) is 5.91 Å². The molecule has 31 heavy (non-hydrogen) atoms. The number of ether oxygens (including phenoxy) is 3. The molecule has 0 spiro atoms. The smallest absolute Gasteiger partial charge is 0.309 e. The van der Waals surface area contributed by atoms with Gasteiger partial charge in [-0.2, -0.15) is 0 Å². The second kappa shape index (κ2) is 10.4. The molecule has 0 aliphatic carbocycles. The number of nitrogens with one attached hydrogen (secondary N) is 2. The average molecular weight is 427 g/mol. The zero-order valence-electron chi connectivity index (χ0n) is 17.4. The molecule has 2 aromatic rings. The zero-order chi connectivity index (χ0) is 22.2. The van der Waals surface area contributed by atoms with Gasteiger partial charge in [-0.3, -0.25) is 14.4 Å². The largest absolute Gasteiger partial charge is 0.497 e. The van der Waals surface area contributed by atoms with Crippen molar-refractivity contribution in [3.8, 4) is 11.5 Å². The monoisotopic (exact) mass is 427 g/mol. The van der Waals surface area contributed by atoms with Gasteiger partial charge in [0.05, 0.1) is 27.4 Å². The minimum absolute atomic E-state index is 0.0106. The first-order valence-corrected chi connectivity index (χ1v) is 9.77. The fourth-order valence-corrected chi connectivity index (χ4v) is 3.09. The maximum Gasteiger partial charge on any atom is 0.309 e. The molecule has 1 aliphatic heterocycles. The highest BCUT2D eigenvalue weighted by Crippen LogP contribution is 2.17. The average Bonchev–Trinajstić information content (AvgIpc) is 3.29. The molecular formula is C22H25N3O6. The Bertz CT molecular complexity index is 914. The third-order valence-corrected chi connectivity index (χ3v) is 4.84. The standard InChI is InChI=1S/C22H25N3O6/c1-29-17-7-3-15(4-8-17)13-23-20(26)21(27)24-14-19-25(11-12-31-19)22(28)16-5-9-18(30-2)10-6-16/h3-10,19H,11-14H2,1-2H3,(H,23,26)(H,24,27)/t19-/m0/s1. The second-order valence-electron chi connectivity index (χ2n) is 6.79. The van der Waals surface area contributed by atoms with Crippen LogP contribution in [0.4, 0.5) is 0 Å². The molecule has 0 aromatic heterocycles. The van der Waals surface area contributed by atoms with Gasteiger partial charge in [-0.25, -0.2) is 0 Å². The van der Waals surface area contributed by atoms with Crippen molar-refractivity contribution in [3.05, 3.63) is 59.7 Å². The number of methoxy groups -OCH3 is 2. The Kier molecular flexibility index (Phi) is 7.45. The van der Waals surface area contributed by atoms with Gasteiger partial charge >= 0.3 is 11.8 Å². The third-order valence-electron chi connectivity index (χ3n) is 4.84. The normalized spacial score (nSPS) is 15.3. The molecule has 0 radical (unpaired) electrons. The van der Waals surface area contributed by atoms with Crippen LogP contribution in [0, 0.1) is 0 Å². The molecule has 2 aromatic carbocycles. The summed E-state index contributed by atoms with van der Waals surface area (Å²) in [5.74, 6) is -0.414. The lowest BCUT2D eigenvalue weighted by Crippen LogP contribution is -2.47. The Morgan fingerprint density at radius 1 is 0.935 bits per heavy atom. The molecule has 1 fully saturated rings. The highest BCUT2D eigenvalue weighted by molar-refractivity contribution is 6.35. The maximum atomic E-state index is 12.7. The van der Waals surface area contributed by atoms with E-state index in [0.717, 1.165) is 5.56 Å². The first-order valence-electron chi connectivity index (χ1n) is 9.77. The number of carbonyl (C=O) groups is 3. The number of rotatable bonds is 7. The van der Waals surface area contributed by atoms with Crippen LogP contribution in [-0.2, 0) is 20.9 Å². The lowest BCUT2D eigenvalue weighted by molar-refractivity contribution is -0.139. The quantitative estimate of drug-likeness (QED) is 0.637. The Hall–Kier alpha value is -3.59. The number of nitrogens with zero attached hydrogens (tertiary/aromatic N) is 1. The van der Waals surface area contributed by atoms with Crippen LogP contribution in [0.1, 0.15) is 15.9 Å². The summed E-state index contributed by atoms with van der Waals surface area (Å²) in [6, 6.07) is 13.9. The molecule has 9 heteroatoms. The first kappa shape index (κ1) is 22.1. The maximum absolute atomic E-state index is 12.7.